The minimum atomic E-state index is -0.421. The van der Waals surface area contributed by atoms with Crippen LogP contribution in [0.4, 0.5) is 17.2 Å². The average Bonchev–Trinajstić information content (AvgIpc) is 3.15. The summed E-state index contributed by atoms with van der Waals surface area (Å²) in [5.74, 6) is 1.56. The summed E-state index contributed by atoms with van der Waals surface area (Å²) in [6.45, 7) is 0. The third-order valence-corrected chi connectivity index (χ3v) is 5.12. The number of fused-ring (bicyclic) bond motifs is 1. The van der Waals surface area contributed by atoms with Crippen molar-refractivity contribution in [1.29, 1.82) is 0 Å². The van der Waals surface area contributed by atoms with E-state index in [1.165, 1.54) is 13.3 Å². The molecule has 0 aliphatic heterocycles. The Morgan fingerprint density at radius 3 is 2.59 bits per heavy atom. The first-order valence-corrected chi connectivity index (χ1v) is 9.94. The van der Waals surface area contributed by atoms with Crippen LogP contribution in [0.3, 0.4) is 0 Å². The first kappa shape index (κ1) is 21.1. The van der Waals surface area contributed by atoms with Gasteiger partial charge in [-0.2, -0.15) is 0 Å². The lowest BCUT2D eigenvalue weighted by atomic mass is 10.1. The minimum absolute atomic E-state index is 0.320. The number of ether oxygens (including phenoxy) is 1. The van der Waals surface area contributed by atoms with Crippen molar-refractivity contribution in [3.63, 3.8) is 0 Å². The number of benzene rings is 2. The molecule has 0 fully saturated rings. The lowest BCUT2D eigenvalue weighted by molar-refractivity contribution is 0.0538. The van der Waals surface area contributed by atoms with Gasteiger partial charge in [0, 0.05) is 26.4 Å². The highest BCUT2D eigenvalue weighted by atomic mass is 16.6. The van der Waals surface area contributed by atoms with Gasteiger partial charge in [-0.05, 0) is 24.3 Å². The van der Waals surface area contributed by atoms with Crippen molar-refractivity contribution in [2.45, 2.75) is 0 Å². The average molecular weight is 432 g/mol. The molecule has 2 aromatic heterocycles. The molecule has 2 aromatic carbocycles. The molecule has 9 nitrogen and oxygen atoms in total. The lowest BCUT2D eigenvalue weighted by Crippen LogP contribution is -2.23. The molecule has 32 heavy (non-hydrogen) atoms. The first-order valence-electron chi connectivity index (χ1n) is 9.94. The van der Waals surface area contributed by atoms with Crippen molar-refractivity contribution >= 4 is 34.1 Å². The summed E-state index contributed by atoms with van der Waals surface area (Å²) >= 11 is 0. The van der Waals surface area contributed by atoms with Gasteiger partial charge in [-0.15, -0.1) is 0 Å². The number of hydrogen-bond donors (Lipinski definition) is 3. The number of para-hydroxylation sites is 3. The van der Waals surface area contributed by atoms with Gasteiger partial charge in [0.25, 0.3) is 5.91 Å². The number of anilines is 3. The highest BCUT2D eigenvalue weighted by Crippen LogP contribution is 2.39. The third kappa shape index (κ3) is 3.81. The number of pyridine rings is 1. The number of nitrogens with one attached hydrogen (secondary N) is 3. The number of nitrogens with zero attached hydrogens (tertiary/aromatic N) is 3. The number of hydrogen-bond acceptors (Lipinski definition) is 7. The predicted molar refractivity (Wildman–Crippen MR) is 124 cm³/mol. The van der Waals surface area contributed by atoms with E-state index in [0.29, 0.717) is 28.5 Å². The Morgan fingerprint density at radius 2 is 1.88 bits per heavy atom. The molecule has 4 rings (SSSR count). The molecular formula is C23H24N6O3. The van der Waals surface area contributed by atoms with E-state index in [0.717, 1.165) is 22.4 Å². The molecule has 9 heteroatoms. The van der Waals surface area contributed by atoms with E-state index in [2.05, 4.69) is 21.1 Å². The van der Waals surface area contributed by atoms with Gasteiger partial charge in [-0.25, -0.2) is 15.4 Å². The van der Waals surface area contributed by atoms with Crippen molar-refractivity contribution < 1.29 is 14.4 Å². The van der Waals surface area contributed by atoms with E-state index in [1.807, 2.05) is 54.1 Å². The summed E-state index contributed by atoms with van der Waals surface area (Å²) in [5, 5.41) is 6.29. The third-order valence-electron chi connectivity index (χ3n) is 5.12. The summed E-state index contributed by atoms with van der Waals surface area (Å²) in [4.78, 5) is 26.3. The molecule has 0 radical (unpaired) electrons. The minimum Gasteiger partial charge on any atom is -0.494 e. The topological polar surface area (TPSA) is 102 Å². The van der Waals surface area contributed by atoms with Gasteiger partial charge in [-0.3, -0.25) is 9.63 Å². The summed E-state index contributed by atoms with van der Waals surface area (Å²) in [7, 11) is 6.72. The van der Waals surface area contributed by atoms with Gasteiger partial charge in [0.1, 0.15) is 11.6 Å². The molecule has 1 amide bonds. The Hall–Kier alpha value is -4.11. The van der Waals surface area contributed by atoms with Gasteiger partial charge in [0.05, 0.1) is 47.8 Å². The van der Waals surface area contributed by atoms with Crippen LogP contribution in [-0.2, 0) is 11.9 Å². The van der Waals surface area contributed by atoms with Crippen LogP contribution in [-0.4, -0.2) is 41.7 Å². The second kappa shape index (κ2) is 8.94. The summed E-state index contributed by atoms with van der Waals surface area (Å²) in [6.07, 6.45) is 1.48. The van der Waals surface area contributed by atoms with Crippen LogP contribution in [0.5, 0.6) is 5.75 Å². The van der Waals surface area contributed by atoms with E-state index in [1.54, 1.807) is 20.2 Å². The van der Waals surface area contributed by atoms with Crippen molar-refractivity contribution in [1.82, 2.24) is 20.0 Å². The maximum Gasteiger partial charge on any atom is 0.278 e. The fraction of sp³-hybridized carbons (Fsp3) is 0.174. The van der Waals surface area contributed by atoms with Crippen LogP contribution in [0.15, 0.2) is 54.7 Å². The maximum atomic E-state index is 12.5. The summed E-state index contributed by atoms with van der Waals surface area (Å²) < 4.78 is 7.81. The Morgan fingerprint density at radius 1 is 1.06 bits per heavy atom. The smallest absolute Gasteiger partial charge is 0.278 e. The molecule has 0 aliphatic carbocycles. The van der Waals surface area contributed by atoms with E-state index in [4.69, 9.17) is 14.6 Å². The molecule has 0 unspecified atom stereocenters. The number of hydroxylamine groups is 1. The van der Waals surface area contributed by atoms with Crippen molar-refractivity contribution in [2.24, 2.45) is 7.05 Å². The second-order valence-corrected chi connectivity index (χ2v) is 6.99. The molecule has 0 aliphatic rings. The molecule has 0 spiro atoms. The Labute approximate surface area is 185 Å². The van der Waals surface area contributed by atoms with E-state index in [9.17, 15) is 4.79 Å². The van der Waals surface area contributed by atoms with E-state index in [-0.39, 0.29) is 0 Å². The van der Waals surface area contributed by atoms with E-state index < -0.39 is 5.91 Å². The Kier molecular flexibility index (Phi) is 5.91. The van der Waals surface area contributed by atoms with Crippen LogP contribution in [0.2, 0.25) is 0 Å². The maximum absolute atomic E-state index is 12.5. The molecule has 0 bridgehead atoms. The Bertz CT molecular complexity index is 1280. The quantitative estimate of drug-likeness (QED) is 0.383. The van der Waals surface area contributed by atoms with Crippen LogP contribution in [0.25, 0.3) is 22.4 Å². The van der Waals surface area contributed by atoms with Gasteiger partial charge in [-0.1, -0.05) is 18.2 Å². The molecule has 2 heterocycles. The van der Waals surface area contributed by atoms with Crippen molar-refractivity contribution in [2.75, 3.05) is 31.9 Å². The zero-order chi connectivity index (χ0) is 22.7. The zero-order valence-electron chi connectivity index (χ0n) is 18.3. The molecule has 0 atom stereocenters. The van der Waals surface area contributed by atoms with Crippen LogP contribution in [0, 0.1) is 0 Å². The predicted octanol–water partition coefficient (Wildman–Crippen LogP) is 3.72. The highest BCUT2D eigenvalue weighted by molar-refractivity contribution is 6.00. The lowest BCUT2D eigenvalue weighted by Gasteiger charge is -2.17. The standard InChI is InChI=1S/C23H24N6O3/c1-24-20-12-18(15(13-25-20)23(30)28-32-4)26-17-10-7-8-14(21(17)31-3)22-27-16-9-5-6-11-19(16)29(22)2/h5-13H,1-4H3,(H,28,30)(H2,24,25,26). The SMILES string of the molecule is CNc1cc(Nc2cccc(-c3nc4ccccc4n3C)c2OC)c(C(=O)NOC)cn1. The molecular weight excluding hydrogens is 408 g/mol. The number of amides is 1. The molecule has 164 valence electrons. The number of aryl methyl sites for hydroxylation is 1. The number of rotatable bonds is 7. The van der Waals surface area contributed by atoms with Crippen molar-refractivity contribution in [3.05, 3.63) is 60.3 Å². The number of methoxy groups -OCH3 is 1. The normalized spacial score (nSPS) is 10.8. The Balaban J connectivity index is 1.81. The van der Waals surface area contributed by atoms with Crippen LogP contribution >= 0.6 is 0 Å². The molecule has 0 saturated carbocycles. The van der Waals surface area contributed by atoms with Gasteiger partial charge < -0.3 is 19.9 Å². The number of aromatic nitrogens is 3. The second-order valence-electron chi connectivity index (χ2n) is 6.99. The largest absolute Gasteiger partial charge is 0.494 e. The molecule has 3 N–H and O–H groups in total. The zero-order valence-corrected chi connectivity index (χ0v) is 18.3. The summed E-state index contributed by atoms with van der Waals surface area (Å²) in [5.41, 5.74) is 6.61. The van der Waals surface area contributed by atoms with Gasteiger partial charge in [0.2, 0.25) is 0 Å². The molecule has 0 saturated heterocycles. The fourth-order valence-electron chi connectivity index (χ4n) is 3.59. The number of imidazole rings is 1. The first-order chi connectivity index (χ1) is 15.6. The fourth-order valence-corrected chi connectivity index (χ4v) is 3.59. The number of carbonyl (C=O) groups excluding carboxylic acids is 1. The van der Waals surface area contributed by atoms with Crippen molar-refractivity contribution in [3.8, 4) is 17.1 Å². The van der Waals surface area contributed by atoms with Gasteiger partial charge in [0.15, 0.2) is 5.75 Å². The monoisotopic (exact) mass is 432 g/mol. The summed E-state index contributed by atoms with van der Waals surface area (Å²) in [6, 6.07) is 15.4. The van der Waals surface area contributed by atoms with Crippen LogP contribution in [0.1, 0.15) is 10.4 Å². The van der Waals surface area contributed by atoms with Crippen LogP contribution < -0.4 is 20.9 Å². The molecule has 4 aromatic rings. The number of carbonyl (C=O) groups is 1. The van der Waals surface area contributed by atoms with E-state index >= 15 is 0 Å². The highest BCUT2D eigenvalue weighted by Gasteiger charge is 2.19. The van der Waals surface area contributed by atoms with Gasteiger partial charge >= 0.3 is 0 Å².